The van der Waals surface area contributed by atoms with E-state index >= 15 is 0 Å². The fourth-order valence-corrected chi connectivity index (χ4v) is 5.94. The molecule has 1 saturated carbocycles. The van der Waals surface area contributed by atoms with Crippen LogP contribution in [0.15, 0.2) is 18.2 Å². The van der Waals surface area contributed by atoms with Gasteiger partial charge < -0.3 is 24.6 Å². The zero-order valence-electron chi connectivity index (χ0n) is 19.4. The number of ether oxygens (including phenoxy) is 2. The standard InChI is InChI=1S/C25H38N4O3/c1-2-3-13-27-18-23(29(25(27)30)19-8-5-4-6-9-19)28-14-12-26-17-21(28)20-10-7-11-22-24(20)32-16-15-31-22/h7,10-11,19,21,23,26H,2-6,8-9,12-18H2,1H3. The highest BCUT2D eigenvalue weighted by Gasteiger charge is 2.46. The monoisotopic (exact) mass is 442 g/mol. The van der Waals surface area contributed by atoms with E-state index in [4.69, 9.17) is 9.47 Å². The lowest BCUT2D eigenvalue weighted by molar-refractivity contribution is 0.0146. The van der Waals surface area contributed by atoms with Crippen LogP contribution >= 0.6 is 0 Å². The third kappa shape index (κ3) is 4.17. The normalized spacial score (nSPS) is 27.2. The van der Waals surface area contributed by atoms with Gasteiger partial charge >= 0.3 is 6.03 Å². The molecule has 4 aliphatic rings. The summed E-state index contributed by atoms with van der Waals surface area (Å²) in [7, 11) is 0. The Bertz CT molecular complexity index is 797. The van der Waals surface area contributed by atoms with E-state index in [9.17, 15) is 4.79 Å². The zero-order valence-corrected chi connectivity index (χ0v) is 19.4. The van der Waals surface area contributed by atoms with E-state index < -0.39 is 0 Å². The number of para-hydroxylation sites is 1. The molecule has 7 nitrogen and oxygen atoms in total. The molecule has 0 radical (unpaired) electrons. The average molecular weight is 443 g/mol. The molecule has 1 aromatic carbocycles. The first-order valence-corrected chi connectivity index (χ1v) is 12.7. The van der Waals surface area contributed by atoms with E-state index in [0.717, 1.165) is 69.9 Å². The number of carbonyl (C=O) groups excluding carboxylic acids is 1. The van der Waals surface area contributed by atoms with Crippen molar-refractivity contribution in [3.8, 4) is 11.5 Å². The van der Waals surface area contributed by atoms with Gasteiger partial charge in [-0.25, -0.2) is 4.79 Å². The molecule has 0 spiro atoms. The van der Waals surface area contributed by atoms with Crippen molar-refractivity contribution in [1.82, 2.24) is 20.0 Å². The molecule has 1 N–H and O–H groups in total. The highest BCUT2D eigenvalue weighted by atomic mass is 16.6. The van der Waals surface area contributed by atoms with Crippen LogP contribution < -0.4 is 14.8 Å². The molecular formula is C25H38N4O3. The molecule has 3 fully saturated rings. The first kappa shape index (κ1) is 21.8. The predicted octanol–water partition coefficient (Wildman–Crippen LogP) is 3.60. The lowest BCUT2D eigenvalue weighted by Crippen LogP contribution is -2.58. The van der Waals surface area contributed by atoms with Gasteiger partial charge in [-0.2, -0.15) is 0 Å². The maximum absolute atomic E-state index is 13.6. The summed E-state index contributed by atoms with van der Waals surface area (Å²) in [5, 5.41) is 3.59. The Balaban J connectivity index is 1.46. The molecule has 0 bridgehead atoms. The number of amides is 2. The van der Waals surface area contributed by atoms with Crippen LogP contribution in [0.2, 0.25) is 0 Å². The van der Waals surface area contributed by atoms with Gasteiger partial charge in [0, 0.05) is 37.8 Å². The smallest absolute Gasteiger partial charge is 0.321 e. The molecule has 2 saturated heterocycles. The quantitative estimate of drug-likeness (QED) is 0.730. The predicted molar refractivity (Wildman–Crippen MR) is 124 cm³/mol. The molecule has 2 unspecified atom stereocenters. The summed E-state index contributed by atoms with van der Waals surface area (Å²) in [5.74, 6) is 1.73. The number of piperazine rings is 1. The molecule has 1 aliphatic carbocycles. The van der Waals surface area contributed by atoms with E-state index in [2.05, 4.69) is 39.1 Å². The molecule has 7 heteroatoms. The van der Waals surface area contributed by atoms with Crippen LogP contribution in [0, 0.1) is 0 Å². The van der Waals surface area contributed by atoms with E-state index in [1.165, 1.54) is 24.8 Å². The Labute approximate surface area is 192 Å². The number of nitrogens with zero attached hydrogens (tertiary/aromatic N) is 3. The van der Waals surface area contributed by atoms with Gasteiger partial charge in [0.1, 0.15) is 19.4 Å². The summed E-state index contributed by atoms with van der Waals surface area (Å²) in [6.07, 6.45) is 8.34. The average Bonchev–Trinajstić information content (AvgIpc) is 3.18. The molecule has 3 heterocycles. The summed E-state index contributed by atoms with van der Waals surface area (Å²) in [6, 6.07) is 7.03. The Morgan fingerprint density at radius 1 is 1.12 bits per heavy atom. The minimum absolute atomic E-state index is 0.120. The number of nitrogens with one attached hydrogen (secondary N) is 1. The van der Waals surface area contributed by atoms with Crippen LogP contribution in [0.1, 0.15) is 63.5 Å². The molecule has 0 aromatic heterocycles. The van der Waals surface area contributed by atoms with Crippen molar-refractivity contribution >= 4 is 6.03 Å². The van der Waals surface area contributed by atoms with Crippen LogP contribution in [0.4, 0.5) is 4.79 Å². The van der Waals surface area contributed by atoms with Crippen LogP contribution in [0.5, 0.6) is 11.5 Å². The molecule has 1 aromatic rings. The van der Waals surface area contributed by atoms with Crippen molar-refractivity contribution in [3.05, 3.63) is 23.8 Å². The van der Waals surface area contributed by atoms with Crippen molar-refractivity contribution in [3.63, 3.8) is 0 Å². The lowest BCUT2D eigenvalue weighted by atomic mass is 9.93. The van der Waals surface area contributed by atoms with Gasteiger partial charge in [-0.15, -0.1) is 0 Å². The van der Waals surface area contributed by atoms with Gasteiger partial charge in [0.2, 0.25) is 0 Å². The van der Waals surface area contributed by atoms with E-state index in [1.807, 2.05) is 6.07 Å². The summed E-state index contributed by atoms with van der Waals surface area (Å²) in [4.78, 5) is 20.6. The molecule has 32 heavy (non-hydrogen) atoms. The van der Waals surface area contributed by atoms with E-state index in [1.54, 1.807) is 0 Å². The summed E-state index contributed by atoms with van der Waals surface area (Å²) in [5.41, 5.74) is 1.18. The van der Waals surface area contributed by atoms with Gasteiger partial charge in [0.05, 0.1) is 12.6 Å². The summed E-state index contributed by atoms with van der Waals surface area (Å²) in [6.45, 7) is 7.79. The van der Waals surface area contributed by atoms with Crippen molar-refractivity contribution in [1.29, 1.82) is 0 Å². The fraction of sp³-hybridized carbons (Fsp3) is 0.720. The number of unbranched alkanes of at least 4 members (excludes halogenated alkanes) is 1. The second-order valence-electron chi connectivity index (χ2n) is 9.59. The summed E-state index contributed by atoms with van der Waals surface area (Å²) >= 11 is 0. The maximum Gasteiger partial charge on any atom is 0.321 e. The van der Waals surface area contributed by atoms with Crippen LogP contribution in [-0.2, 0) is 0 Å². The fourth-order valence-electron chi connectivity index (χ4n) is 5.94. The first-order chi connectivity index (χ1) is 15.8. The van der Waals surface area contributed by atoms with Crippen molar-refractivity contribution < 1.29 is 14.3 Å². The summed E-state index contributed by atoms with van der Waals surface area (Å²) < 4.78 is 12.0. The molecule has 2 atom stereocenters. The van der Waals surface area contributed by atoms with Gasteiger partial charge in [-0.3, -0.25) is 4.90 Å². The third-order valence-corrected chi connectivity index (χ3v) is 7.57. The molecule has 2 amide bonds. The number of hydrogen-bond acceptors (Lipinski definition) is 5. The highest BCUT2D eigenvalue weighted by Crippen LogP contribution is 2.41. The largest absolute Gasteiger partial charge is 0.486 e. The number of urea groups is 1. The van der Waals surface area contributed by atoms with Gasteiger partial charge in [0.15, 0.2) is 11.5 Å². The minimum Gasteiger partial charge on any atom is -0.486 e. The lowest BCUT2D eigenvalue weighted by Gasteiger charge is -2.45. The van der Waals surface area contributed by atoms with Crippen molar-refractivity contribution in [2.45, 2.75) is 70.1 Å². The highest BCUT2D eigenvalue weighted by molar-refractivity contribution is 5.77. The number of rotatable bonds is 6. The first-order valence-electron chi connectivity index (χ1n) is 12.7. The van der Waals surface area contributed by atoms with Gasteiger partial charge in [0.25, 0.3) is 0 Å². The zero-order chi connectivity index (χ0) is 21.9. The van der Waals surface area contributed by atoms with Crippen LogP contribution in [0.3, 0.4) is 0 Å². The second kappa shape index (κ2) is 9.87. The van der Waals surface area contributed by atoms with E-state index in [-0.39, 0.29) is 18.2 Å². The minimum atomic E-state index is 0.120. The Morgan fingerprint density at radius 2 is 1.97 bits per heavy atom. The maximum atomic E-state index is 13.6. The Morgan fingerprint density at radius 3 is 2.81 bits per heavy atom. The van der Waals surface area contributed by atoms with Crippen LogP contribution in [-0.4, -0.2) is 78.9 Å². The van der Waals surface area contributed by atoms with Crippen molar-refractivity contribution in [2.75, 3.05) is 45.9 Å². The molecular weight excluding hydrogens is 404 g/mol. The second-order valence-corrected chi connectivity index (χ2v) is 9.59. The third-order valence-electron chi connectivity index (χ3n) is 7.57. The van der Waals surface area contributed by atoms with Gasteiger partial charge in [-0.05, 0) is 25.3 Å². The number of carbonyl (C=O) groups is 1. The van der Waals surface area contributed by atoms with E-state index in [0.29, 0.717) is 19.3 Å². The topological polar surface area (TPSA) is 57.3 Å². The molecule has 176 valence electrons. The number of fused-ring (bicyclic) bond motifs is 1. The van der Waals surface area contributed by atoms with Crippen LogP contribution in [0.25, 0.3) is 0 Å². The number of benzene rings is 1. The number of hydrogen-bond donors (Lipinski definition) is 1. The molecule has 3 aliphatic heterocycles. The van der Waals surface area contributed by atoms with Gasteiger partial charge in [-0.1, -0.05) is 44.7 Å². The SMILES string of the molecule is CCCCN1CC(N2CCNCC2c2cccc3c2OCCO3)N(C2CCCCC2)C1=O. The van der Waals surface area contributed by atoms with Crippen molar-refractivity contribution in [2.24, 2.45) is 0 Å². The molecule has 5 rings (SSSR count). The Hall–Kier alpha value is -1.99. The Kier molecular flexibility index (Phi) is 6.74.